The van der Waals surface area contributed by atoms with Gasteiger partial charge in [-0.05, 0) is 31.2 Å². The predicted octanol–water partition coefficient (Wildman–Crippen LogP) is 4.46. The molecule has 1 amide bonds. The molecule has 0 saturated carbocycles. The molecule has 1 heterocycles. The molecule has 8 heteroatoms. The van der Waals surface area contributed by atoms with E-state index in [2.05, 4.69) is 20.8 Å². The summed E-state index contributed by atoms with van der Waals surface area (Å²) >= 11 is 2.56. The van der Waals surface area contributed by atoms with Crippen molar-refractivity contribution in [2.24, 2.45) is 0 Å². The van der Waals surface area contributed by atoms with Gasteiger partial charge in [-0.25, -0.2) is 4.39 Å². The van der Waals surface area contributed by atoms with Gasteiger partial charge in [0.1, 0.15) is 5.82 Å². The number of nitrogens with zero attached hydrogens (tertiary/aromatic N) is 2. The van der Waals surface area contributed by atoms with Crippen LogP contribution in [0.1, 0.15) is 5.56 Å². The number of hydrogen-bond acceptors (Lipinski definition) is 6. The Morgan fingerprint density at radius 1 is 1.16 bits per heavy atom. The van der Waals surface area contributed by atoms with Crippen LogP contribution in [0.25, 0.3) is 0 Å². The lowest BCUT2D eigenvalue weighted by Gasteiger charge is -2.04. The number of rotatable bonds is 6. The Morgan fingerprint density at radius 2 is 1.92 bits per heavy atom. The molecule has 0 unspecified atom stereocenters. The molecule has 0 aliphatic rings. The SMILES string of the molecule is Cc1ccc(NC(=O)CSc2nnc(Nc3ccccc3F)s2)cc1. The number of carbonyl (C=O) groups is 1. The molecule has 1 aromatic heterocycles. The molecule has 0 atom stereocenters. The number of nitrogens with one attached hydrogen (secondary N) is 2. The van der Waals surface area contributed by atoms with Crippen LogP contribution < -0.4 is 10.6 Å². The van der Waals surface area contributed by atoms with Gasteiger partial charge in [0, 0.05) is 5.69 Å². The number of para-hydroxylation sites is 1. The van der Waals surface area contributed by atoms with Gasteiger partial charge in [-0.2, -0.15) is 0 Å². The minimum absolute atomic E-state index is 0.118. The standard InChI is InChI=1S/C17H15FN4OS2/c1-11-6-8-12(9-7-11)19-15(23)10-24-17-22-21-16(25-17)20-14-5-3-2-4-13(14)18/h2-9H,10H2,1H3,(H,19,23)(H,20,21). The Kier molecular flexibility index (Phi) is 5.62. The van der Waals surface area contributed by atoms with Crippen LogP contribution >= 0.6 is 23.1 Å². The molecule has 25 heavy (non-hydrogen) atoms. The fourth-order valence-corrected chi connectivity index (χ4v) is 3.52. The fraction of sp³-hybridized carbons (Fsp3) is 0.118. The third-order valence-electron chi connectivity index (χ3n) is 3.18. The fourth-order valence-electron chi connectivity index (χ4n) is 1.96. The summed E-state index contributed by atoms with van der Waals surface area (Å²) < 4.78 is 14.2. The highest BCUT2D eigenvalue weighted by Gasteiger charge is 2.10. The second kappa shape index (κ2) is 8.09. The van der Waals surface area contributed by atoms with Crippen LogP contribution in [-0.4, -0.2) is 21.9 Å². The molecular weight excluding hydrogens is 359 g/mol. The van der Waals surface area contributed by atoms with Crippen molar-refractivity contribution >= 4 is 45.5 Å². The molecular formula is C17H15FN4OS2. The molecule has 3 rings (SSSR count). The van der Waals surface area contributed by atoms with Crippen LogP contribution in [0.5, 0.6) is 0 Å². The minimum atomic E-state index is -0.357. The molecule has 0 saturated heterocycles. The Morgan fingerprint density at radius 3 is 2.68 bits per heavy atom. The molecule has 128 valence electrons. The Balaban J connectivity index is 1.52. The molecule has 0 spiro atoms. The average Bonchev–Trinajstić information content (AvgIpc) is 3.05. The number of halogens is 1. The summed E-state index contributed by atoms with van der Waals surface area (Å²) in [6.45, 7) is 1.99. The highest BCUT2D eigenvalue weighted by Crippen LogP contribution is 2.28. The van der Waals surface area contributed by atoms with Gasteiger partial charge >= 0.3 is 0 Å². The van der Waals surface area contributed by atoms with Gasteiger partial charge in [0.05, 0.1) is 11.4 Å². The molecule has 0 aliphatic carbocycles. The van der Waals surface area contributed by atoms with E-state index in [0.29, 0.717) is 15.2 Å². The number of hydrogen-bond donors (Lipinski definition) is 2. The molecule has 0 fully saturated rings. The molecule has 0 aliphatic heterocycles. The van der Waals surface area contributed by atoms with Gasteiger partial charge in [-0.15, -0.1) is 10.2 Å². The van der Waals surface area contributed by atoms with E-state index in [0.717, 1.165) is 11.3 Å². The van der Waals surface area contributed by atoms with Crippen LogP contribution in [0.15, 0.2) is 52.9 Å². The number of amides is 1. The van der Waals surface area contributed by atoms with E-state index in [1.807, 2.05) is 31.2 Å². The van der Waals surface area contributed by atoms with Gasteiger partial charge in [0.15, 0.2) is 4.34 Å². The average molecular weight is 374 g/mol. The first-order valence-electron chi connectivity index (χ1n) is 7.44. The third-order valence-corrected chi connectivity index (χ3v) is 5.16. The Bertz CT molecular complexity index is 867. The van der Waals surface area contributed by atoms with E-state index in [1.54, 1.807) is 18.2 Å². The highest BCUT2D eigenvalue weighted by atomic mass is 32.2. The largest absolute Gasteiger partial charge is 0.328 e. The topological polar surface area (TPSA) is 66.9 Å². The van der Waals surface area contributed by atoms with Crippen molar-refractivity contribution in [1.29, 1.82) is 0 Å². The van der Waals surface area contributed by atoms with Crippen LogP contribution in [0.2, 0.25) is 0 Å². The van der Waals surface area contributed by atoms with E-state index in [4.69, 9.17) is 0 Å². The minimum Gasteiger partial charge on any atom is -0.328 e. The quantitative estimate of drug-likeness (QED) is 0.624. The Labute approximate surface area is 152 Å². The number of aromatic nitrogens is 2. The zero-order chi connectivity index (χ0) is 17.6. The summed E-state index contributed by atoms with van der Waals surface area (Å²) in [5.74, 6) is -0.251. The lowest BCUT2D eigenvalue weighted by molar-refractivity contribution is -0.113. The van der Waals surface area contributed by atoms with Crippen molar-refractivity contribution in [3.05, 3.63) is 59.9 Å². The first-order valence-corrected chi connectivity index (χ1v) is 9.25. The van der Waals surface area contributed by atoms with E-state index in [-0.39, 0.29) is 17.5 Å². The first-order chi connectivity index (χ1) is 12.1. The lowest BCUT2D eigenvalue weighted by atomic mass is 10.2. The molecule has 0 radical (unpaired) electrons. The van der Waals surface area contributed by atoms with Crippen LogP contribution in [-0.2, 0) is 4.79 Å². The Hall–Kier alpha value is -2.45. The second-order valence-corrected chi connectivity index (χ2v) is 7.38. The van der Waals surface area contributed by atoms with Crippen LogP contribution in [0.4, 0.5) is 20.9 Å². The van der Waals surface area contributed by atoms with Crippen molar-refractivity contribution in [1.82, 2.24) is 10.2 Å². The lowest BCUT2D eigenvalue weighted by Crippen LogP contribution is -2.13. The maximum Gasteiger partial charge on any atom is 0.234 e. The molecule has 0 bridgehead atoms. The molecule has 2 N–H and O–H groups in total. The smallest absolute Gasteiger partial charge is 0.234 e. The van der Waals surface area contributed by atoms with Crippen molar-refractivity contribution in [3.63, 3.8) is 0 Å². The molecule has 2 aromatic carbocycles. The van der Waals surface area contributed by atoms with Crippen molar-refractivity contribution in [3.8, 4) is 0 Å². The summed E-state index contributed by atoms with van der Waals surface area (Å²) in [5, 5.41) is 14.1. The van der Waals surface area contributed by atoms with Gasteiger partial charge < -0.3 is 10.6 Å². The molecule has 5 nitrogen and oxygen atoms in total. The number of carbonyl (C=O) groups excluding carboxylic acids is 1. The number of benzene rings is 2. The monoisotopic (exact) mass is 374 g/mol. The second-order valence-electron chi connectivity index (χ2n) is 5.18. The maximum atomic E-state index is 13.6. The zero-order valence-corrected chi connectivity index (χ0v) is 15.0. The number of thioether (sulfide) groups is 1. The van der Waals surface area contributed by atoms with Crippen LogP contribution in [0, 0.1) is 12.7 Å². The van der Waals surface area contributed by atoms with Gasteiger partial charge in [-0.1, -0.05) is 52.9 Å². The van der Waals surface area contributed by atoms with Crippen molar-refractivity contribution in [2.75, 3.05) is 16.4 Å². The van der Waals surface area contributed by atoms with Gasteiger partial charge in [0.2, 0.25) is 11.0 Å². The van der Waals surface area contributed by atoms with Crippen LogP contribution in [0.3, 0.4) is 0 Å². The van der Waals surface area contributed by atoms with Gasteiger partial charge in [-0.3, -0.25) is 4.79 Å². The first kappa shape index (κ1) is 17.4. The third kappa shape index (κ3) is 5.01. The van der Waals surface area contributed by atoms with E-state index in [1.165, 1.54) is 29.2 Å². The van der Waals surface area contributed by atoms with Crippen molar-refractivity contribution < 1.29 is 9.18 Å². The van der Waals surface area contributed by atoms with Gasteiger partial charge in [0.25, 0.3) is 0 Å². The summed E-state index contributed by atoms with van der Waals surface area (Å²) in [6.07, 6.45) is 0. The predicted molar refractivity (Wildman–Crippen MR) is 100 cm³/mol. The summed E-state index contributed by atoms with van der Waals surface area (Å²) in [6, 6.07) is 13.9. The summed E-state index contributed by atoms with van der Waals surface area (Å²) in [5.41, 5.74) is 2.24. The van der Waals surface area contributed by atoms with Crippen molar-refractivity contribution in [2.45, 2.75) is 11.3 Å². The number of anilines is 3. The summed E-state index contributed by atoms with van der Waals surface area (Å²) in [4.78, 5) is 12.0. The van der Waals surface area contributed by atoms with E-state index < -0.39 is 0 Å². The highest BCUT2D eigenvalue weighted by molar-refractivity contribution is 8.01. The number of aryl methyl sites for hydroxylation is 1. The zero-order valence-electron chi connectivity index (χ0n) is 13.3. The van der Waals surface area contributed by atoms with E-state index in [9.17, 15) is 9.18 Å². The van der Waals surface area contributed by atoms with E-state index >= 15 is 0 Å². The molecule has 3 aromatic rings. The normalized spacial score (nSPS) is 10.5. The summed E-state index contributed by atoms with van der Waals surface area (Å²) in [7, 11) is 0. The maximum absolute atomic E-state index is 13.6.